The molecule has 118 valence electrons. The summed E-state index contributed by atoms with van der Waals surface area (Å²) < 4.78 is 0. The molecule has 0 saturated carbocycles. The van der Waals surface area contributed by atoms with E-state index in [0.717, 1.165) is 58.3 Å². The number of carbonyl (C=O) groups is 1. The Bertz CT molecular complexity index is 273. The highest BCUT2D eigenvalue weighted by molar-refractivity contribution is 5.78. The molecule has 0 aromatic carbocycles. The largest absolute Gasteiger partial charge is 0.342 e. The van der Waals surface area contributed by atoms with E-state index < -0.39 is 0 Å². The molecule has 1 heterocycles. The van der Waals surface area contributed by atoms with Crippen LogP contribution in [0.15, 0.2) is 0 Å². The summed E-state index contributed by atoms with van der Waals surface area (Å²) in [5.74, 6) is 0.861. The Hall–Kier alpha value is -0.610. The molecule has 1 amide bonds. The van der Waals surface area contributed by atoms with Crippen LogP contribution in [0.2, 0.25) is 0 Å². The first-order valence-electron chi connectivity index (χ1n) is 8.34. The zero-order valence-electron chi connectivity index (χ0n) is 13.6. The zero-order valence-corrected chi connectivity index (χ0v) is 13.6. The lowest BCUT2D eigenvalue weighted by molar-refractivity contribution is -0.132. The van der Waals surface area contributed by atoms with Crippen LogP contribution in [0.1, 0.15) is 52.9 Å². The van der Waals surface area contributed by atoms with Crippen LogP contribution in [0.25, 0.3) is 0 Å². The summed E-state index contributed by atoms with van der Waals surface area (Å²) >= 11 is 0. The number of unbranched alkanes of at least 4 members (excludes halogenated alkanes) is 2. The van der Waals surface area contributed by atoms with Crippen LogP contribution in [0.5, 0.6) is 0 Å². The van der Waals surface area contributed by atoms with Gasteiger partial charge in [0.05, 0.1) is 6.54 Å². The first-order chi connectivity index (χ1) is 9.58. The van der Waals surface area contributed by atoms with E-state index in [-0.39, 0.29) is 6.04 Å². The lowest BCUT2D eigenvalue weighted by Crippen LogP contribution is -2.41. The molecule has 2 N–H and O–H groups in total. The molecule has 2 unspecified atom stereocenters. The van der Waals surface area contributed by atoms with Crippen LogP contribution >= 0.6 is 0 Å². The van der Waals surface area contributed by atoms with Crippen molar-refractivity contribution < 1.29 is 4.79 Å². The zero-order chi connectivity index (χ0) is 15.0. The van der Waals surface area contributed by atoms with E-state index in [0.29, 0.717) is 18.4 Å². The van der Waals surface area contributed by atoms with Gasteiger partial charge in [0.1, 0.15) is 0 Å². The molecule has 1 aliphatic rings. The maximum atomic E-state index is 12.4. The SMILES string of the molecule is CCCCN(CCCC)C(=O)CN1CCC(C(C)N)C1. The number of nitrogens with two attached hydrogens (primary N) is 1. The lowest BCUT2D eigenvalue weighted by atomic mass is 10.0. The van der Waals surface area contributed by atoms with E-state index in [1.165, 1.54) is 0 Å². The Morgan fingerprint density at radius 1 is 1.30 bits per heavy atom. The lowest BCUT2D eigenvalue weighted by Gasteiger charge is -2.25. The van der Waals surface area contributed by atoms with Crippen molar-refractivity contribution in [3.8, 4) is 0 Å². The minimum absolute atomic E-state index is 0.242. The molecule has 0 radical (unpaired) electrons. The van der Waals surface area contributed by atoms with Crippen LogP contribution in [0.4, 0.5) is 0 Å². The third kappa shape index (κ3) is 5.80. The summed E-state index contributed by atoms with van der Waals surface area (Å²) in [6, 6.07) is 0.242. The second-order valence-corrected chi connectivity index (χ2v) is 6.23. The van der Waals surface area contributed by atoms with E-state index in [1.807, 2.05) is 0 Å². The predicted octanol–water partition coefficient (Wildman–Crippen LogP) is 2.08. The van der Waals surface area contributed by atoms with Crippen molar-refractivity contribution in [2.75, 3.05) is 32.7 Å². The Morgan fingerprint density at radius 3 is 2.35 bits per heavy atom. The van der Waals surface area contributed by atoms with E-state index in [4.69, 9.17) is 5.73 Å². The highest BCUT2D eigenvalue weighted by Gasteiger charge is 2.27. The average Bonchev–Trinajstić information content (AvgIpc) is 2.87. The molecular weight excluding hydrogens is 250 g/mol. The molecule has 1 fully saturated rings. The molecule has 1 aliphatic heterocycles. The molecule has 4 nitrogen and oxygen atoms in total. The number of nitrogens with zero attached hydrogens (tertiary/aromatic N) is 2. The van der Waals surface area contributed by atoms with Gasteiger partial charge in [0.2, 0.25) is 5.91 Å². The maximum absolute atomic E-state index is 12.4. The van der Waals surface area contributed by atoms with Gasteiger partial charge in [-0.15, -0.1) is 0 Å². The second-order valence-electron chi connectivity index (χ2n) is 6.23. The van der Waals surface area contributed by atoms with Crippen molar-refractivity contribution in [1.82, 2.24) is 9.80 Å². The molecule has 20 heavy (non-hydrogen) atoms. The van der Waals surface area contributed by atoms with Crippen LogP contribution in [-0.2, 0) is 4.79 Å². The normalized spacial score (nSPS) is 21.1. The first-order valence-corrected chi connectivity index (χ1v) is 8.34. The van der Waals surface area contributed by atoms with Crippen molar-refractivity contribution in [1.29, 1.82) is 0 Å². The summed E-state index contributed by atoms with van der Waals surface area (Å²) in [5, 5.41) is 0. The van der Waals surface area contributed by atoms with Gasteiger partial charge in [0.15, 0.2) is 0 Å². The van der Waals surface area contributed by atoms with Crippen LogP contribution in [0.3, 0.4) is 0 Å². The van der Waals surface area contributed by atoms with E-state index in [9.17, 15) is 4.79 Å². The summed E-state index contributed by atoms with van der Waals surface area (Å²) in [4.78, 5) is 16.8. The van der Waals surface area contributed by atoms with Gasteiger partial charge >= 0.3 is 0 Å². The van der Waals surface area contributed by atoms with Crippen molar-refractivity contribution in [2.24, 2.45) is 11.7 Å². The number of hydrogen-bond donors (Lipinski definition) is 1. The molecule has 0 aromatic rings. The Morgan fingerprint density at radius 2 is 1.90 bits per heavy atom. The van der Waals surface area contributed by atoms with Gasteiger partial charge in [-0.25, -0.2) is 0 Å². The van der Waals surface area contributed by atoms with E-state index in [1.54, 1.807) is 0 Å². The summed E-state index contributed by atoms with van der Waals surface area (Å²) in [7, 11) is 0. The molecule has 1 saturated heterocycles. The van der Waals surface area contributed by atoms with Crippen molar-refractivity contribution in [2.45, 2.75) is 58.9 Å². The molecule has 0 aliphatic carbocycles. The molecular formula is C16H33N3O. The predicted molar refractivity (Wildman–Crippen MR) is 84.6 cm³/mol. The number of carbonyl (C=O) groups excluding carboxylic acids is 1. The fourth-order valence-corrected chi connectivity index (χ4v) is 2.79. The van der Waals surface area contributed by atoms with Crippen molar-refractivity contribution >= 4 is 5.91 Å². The molecule has 0 aromatic heterocycles. The third-order valence-electron chi connectivity index (χ3n) is 4.33. The highest BCUT2D eigenvalue weighted by Crippen LogP contribution is 2.18. The molecule has 0 bridgehead atoms. The highest BCUT2D eigenvalue weighted by atomic mass is 16.2. The fourth-order valence-electron chi connectivity index (χ4n) is 2.79. The topological polar surface area (TPSA) is 49.6 Å². The smallest absolute Gasteiger partial charge is 0.236 e. The van der Waals surface area contributed by atoms with Crippen LogP contribution < -0.4 is 5.73 Å². The quantitative estimate of drug-likeness (QED) is 0.705. The molecule has 2 atom stereocenters. The van der Waals surface area contributed by atoms with E-state index >= 15 is 0 Å². The Labute approximate surface area is 124 Å². The van der Waals surface area contributed by atoms with E-state index in [2.05, 4.69) is 30.6 Å². The molecule has 4 heteroatoms. The van der Waals surface area contributed by atoms with Crippen molar-refractivity contribution in [3.05, 3.63) is 0 Å². The fraction of sp³-hybridized carbons (Fsp3) is 0.938. The minimum atomic E-state index is 0.242. The monoisotopic (exact) mass is 283 g/mol. The molecule has 1 rings (SSSR count). The van der Waals surface area contributed by atoms with Gasteiger partial charge in [-0.3, -0.25) is 9.69 Å². The number of rotatable bonds is 9. The number of likely N-dealkylation sites (tertiary alicyclic amines) is 1. The first kappa shape index (κ1) is 17.4. The van der Waals surface area contributed by atoms with Gasteiger partial charge in [0, 0.05) is 25.7 Å². The summed E-state index contributed by atoms with van der Waals surface area (Å²) in [6.07, 6.45) is 5.64. The Kier molecular flexibility index (Phi) is 8.15. The third-order valence-corrected chi connectivity index (χ3v) is 4.33. The van der Waals surface area contributed by atoms with Gasteiger partial charge in [-0.2, -0.15) is 0 Å². The summed E-state index contributed by atoms with van der Waals surface area (Å²) in [6.45, 7) is 10.8. The average molecular weight is 283 g/mol. The van der Waals surface area contributed by atoms with Gasteiger partial charge in [0.25, 0.3) is 0 Å². The second kappa shape index (κ2) is 9.35. The molecule has 0 spiro atoms. The van der Waals surface area contributed by atoms with Gasteiger partial charge in [-0.1, -0.05) is 26.7 Å². The minimum Gasteiger partial charge on any atom is -0.342 e. The Balaban J connectivity index is 2.40. The summed E-state index contributed by atoms with van der Waals surface area (Å²) in [5.41, 5.74) is 5.96. The van der Waals surface area contributed by atoms with Crippen LogP contribution in [-0.4, -0.2) is 54.5 Å². The number of amides is 1. The van der Waals surface area contributed by atoms with Crippen LogP contribution in [0, 0.1) is 5.92 Å². The number of hydrogen-bond acceptors (Lipinski definition) is 3. The van der Waals surface area contributed by atoms with Gasteiger partial charge < -0.3 is 10.6 Å². The van der Waals surface area contributed by atoms with Crippen molar-refractivity contribution in [3.63, 3.8) is 0 Å². The standard InChI is InChI=1S/C16H33N3O/c1-4-6-9-19(10-7-5-2)16(20)13-18-11-8-15(12-18)14(3)17/h14-15H,4-13,17H2,1-3H3. The van der Waals surface area contributed by atoms with Gasteiger partial charge in [-0.05, 0) is 38.6 Å². The maximum Gasteiger partial charge on any atom is 0.236 e.